The average Bonchev–Trinajstić information content (AvgIpc) is 2.22. The van der Waals surface area contributed by atoms with Crippen molar-refractivity contribution in [3.8, 4) is 0 Å². The van der Waals surface area contributed by atoms with Crippen LogP contribution in [0.1, 0.15) is 20.3 Å². The van der Waals surface area contributed by atoms with Crippen LogP contribution in [0.3, 0.4) is 0 Å². The van der Waals surface area contributed by atoms with Crippen LogP contribution >= 0.6 is 0 Å². The maximum absolute atomic E-state index is 11.2. The smallest absolute Gasteiger partial charge is 0.739 e. The number of rotatable bonds is 1. The van der Waals surface area contributed by atoms with E-state index < -0.39 is 5.54 Å². The summed E-state index contributed by atoms with van der Waals surface area (Å²) in [5.74, 6) is 0.0797. The normalized spacial score (nSPS) is 30.4. The molecular weight excluding hydrogens is 223 g/mol. The number of nitrogens with one attached hydrogen (secondary N) is 1. The number of hydrogen-bond acceptors (Lipinski definition) is 5. The fourth-order valence-electron chi connectivity index (χ4n) is 1.63. The fraction of sp³-hybridized carbons (Fsp3) is 0.750. The molecule has 0 aliphatic carbocycles. The number of amidine groups is 1. The van der Waals surface area contributed by atoms with Crippen LogP contribution in [0.4, 0.5) is 0 Å². The van der Waals surface area contributed by atoms with Gasteiger partial charge in [0.2, 0.25) is 0 Å². The van der Waals surface area contributed by atoms with E-state index in [0.717, 1.165) is 0 Å². The molecule has 0 aromatic heterocycles. The van der Waals surface area contributed by atoms with Crippen molar-refractivity contribution in [2.45, 2.75) is 25.8 Å². The van der Waals surface area contributed by atoms with Crippen LogP contribution in [0, 0.1) is 21.7 Å². The van der Waals surface area contributed by atoms with Gasteiger partial charge in [0.1, 0.15) is 0 Å². The number of methoxy groups -OCH3 is 1. The Balaban J connectivity index is 0.00000225. The first-order chi connectivity index (χ1) is 6.95. The molecule has 0 saturated heterocycles. The Labute approximate surface area is 116 Å². The molecule has 84 valence electrons. The first-order valence-electron chi connectivity index (χ1n) is 4.48. The number of hydroxylamine groups is 1. The van der Waals surface area contributed by atoms with E-state index in [1.165, 1.54) is 14.0 Å². The average molecular weight is 236 g/mol. The maximum atomic E-state index is 11.2. The van der Waals surface area contributed by atoms with Crippen molar-refractivity contribution in [2.24, 2.45) is 16.2 Å². The number of aliphatic imine (C=N–C) groups is 1. The zero-order valence-corrected chi connectivity index (χ0v) is 11.9. The quantitative estimate of drug-likeness (QED) is 0.253. The molecule has 1 aliphatic rings. The monoisotopic (exact) mass is 236 g/mol. The van der Waals surface area contributed by atoms with Gasteiger partial charge >= 0.3 is 29.6 Å². The Bertz CT molecular complexity index is 344. The summed E-state index contributed by atoms with van der Waals surface area (Å²) in [4.78, 5) is 3.83. The number of hydrogen-bond donors (Lipinski definition) is 1. The van der Waals surface area contributed by atoms with E-state index in [-0.39, 0.29) is 52.6 Å². The molecule has 0 fully saturated rings. The van der Waals surface area contributed by atoms with Crippen LogP contribution in [0.15, 0.2) is 10.3 Å². The summed E-state index contributed by atoms with van der Waals surface area (Å²) in [7, 11) is 1.46. The molecule has 0 saturated carbocycles. The molecule has 1 aliphatic heterocycles. The van der Waals surface area contributed by atoms with Gasteiger partial charge in [-0.15, -0.1) is 0 Å². The van der Waals surface area contributed by atoms with Crippen LogP contribution in [-0.4, -0.2) is 29.2 Å². The number of nitrogens with zero attached hydrogens (tertiary/aromatic N) is 3. The van der Waals surface area contributed by atoms with E-state index in [9.17, 15) is 10.4 Å². The Hall–Kier alpha value is -0.660. The van der Waals surface area contributed by atoms with Crippen molar-refractivity contribution < 1.29 is 39.2 Å². The minimum atomic E-state index is -1.29. The third-order valence-corrected chi connectivity index (χ3v) is 2.56. The second-order valence-corrected chi connectivity index (χ2v) is 3.74. The summed E-state index contributed by atoms with van der Waals surface area (Å²) < 4.78 is 4.96. The van der Waals surface area contributed by atoms with Crippen molar-refractivity contribution in [2.75, 3.05) is 7.11 Å². The molecule has 0 radical (unpaired) electrons. The molecule has 8 heteroatoms. The second-order valence-electron chi connectivity index (χ2n) is 3.74. The molecule has 0 spiro atoms. The van der Waals surface area contributed by atoms with E-state index in [0.29, 0.717) is 5.90 Å². The molecule has 0 amide bonds. The predicted octanol–water partition coefficient (Wildman–Crippen LogP) is -1.73. The van der Waals surface area contributed by atoms with Gasteiger partial charge < -0.3 is 15.2 Å². The second kappa shape index (κ2) is 5.60. The molecule has 16 heavy (non-hydrogen) atoms. The van der Waals surface area contributed by atoms with E-state index in [2.05, 4.69) is 10.3 Å². The summed E-state index contributed by atoms with van der Waals surface area (Å²) in [6.07, 6.45) is 0.285. The van der Waals surface area contributed by atoms with Gasteiger partial charge in [0, 0.05) is 19.3 Å². The molecule has 2 atom stereocenters. The zero-order chi connectivity index (χ0) is 11.6. The summed E-state index contributed by atoms with van der Waals surface area (Å²) >= 11 is 0. The fourth-order valence-corrected chi connectivity index (χ4v) is 1.63. The Morgan fingerprint density at radius 2 is 2.25 bits per heavy atom. The molecular formula is C8H13N4NaO3. The summed E-state index contributed by atoms with van der Waals surface area (Å²) in [5.41, 5.74) is -1.29. The largest absolute Gasteiger partial charge is 1.00 e. The first-order valence-corrected chi connectivity index (χ1v) is 4.48. The van der Waals surface area contributed by atoms with Gasteiger partial charge in [0.15, 0.2) is 11.7 Å². The van der Waals surface area contributed by atoms with E-state index in [4.69, 9.17) is 10.1 Å². The van der Waals surface area contributed by atoms with Crippen molar-refractivity contribution in [3.63, 3.8) is 0 Å². The molecule has 1 rings (SSSR count). The maximum Gasteiger partial charge on any atom is 1.00 e. The number of ether oxygens (including phenoxy) is 1. The summed E-state index contributed by atoms with van der Waals surface area (Å²) in [5, 5.41) is 31.3. The SMILES string of the molecule is COC1=NC(=N)C(C)(/[N+]([O-])=N/[O-])CC1C.[Na+]. The van der Waals surface area contributed by atoms with E-state index in [1.54, 1.807) is 0 Å². The van der Waals surface area contributed by atoms with Crippen molar-refractivity contribution in [1.29, 1.82) is 5.41 Å². The van der Waals surface area contributed by atoms with Crippen molar-refractivity contribution in [3.05, 3.63) is 10.4 Å². The molecule has 1 N–H and O–H groups in total. The third-order valence-electron chi connectivity index (χ3n) is 2.56. The topological polar surface area (TPSA) is 107 Å². The van der Waals surface area contributed by atoms with Crippen LogP contribution in [0.25, 0.3) is 0 Å². The standard InChI is InChI=1S/C8H14N4O3.Na/c1-5-4-8(2,12(14)11-13)7(9)10-6(5)15-3;/h5,9,13H,4H2,1-3H3;/q;+1/p-1/b9-7?,12-11-;. The minimum Gasteiger partial charge on any atom is -0.739 e. The van der Waals surface area contributed by atoms with Crippen LogP contribution in [-0.2, 0) is 4.74 Å². The molecule has 0 aromatic rings. The molecule has 2 unspecified atom stereocenters. The van der Waals surface area contributed by atoms with E-state index >= 15 is 0 Å². The predicted molar refractivity (Wildman–Crippen MR) is 53.8 cm³/mol. The minimum absolute atomic E-state index is 0. The first kappa shape index (κ1) is 15.3. The van der Waals surface area contributed by atoms with Crippen LogP contribution in [0.2, 0.25) is 0 Å². The van der Waals surface area contributed by atoms with Gasteiger partial charge in [0.25, 0.3) is 5.54 Å². The molecule has 7 nitrogen and oxygen atoms in total. The zero-order valence-electron chi connectivity index (χ0n) is 9.85. The molecule has 0 bridgehead atoms. The molecule has 0 aromatic carbocycles. The Kier molecular flexibility index (Phi) is 5.37. The van der Waals surface area contributed by atoms with Crippen molar-refractivity contribution in [1.82, 2.24) is 0 Å². The summed E-state index contributed by atoms with van der Waals surface area (Å²) in [6, 6.07) is 0. The van der Waals surface area contributed by atoms with Gasteiger partial charge in [-0.1, -0.05) is 11.8 Å². The van der Waals surface area contributed by atoms with Crippen LogP contribution in [0.5, 0.6) is 0 Å². The van der Waals surface area contributed by atoms with Gasteiger partial charge in [-0.3, -0.25) is 5.41 Å². The van der Waals surface area contributed by atoms with Crippen molar-refractivity contribution >= 4 is 11.7 Å². The van der Waals surface area contributed by atoms with Gasteiger partial charge in [-0.05, 0) is 5.28 Å². The Morgan fingerprint density at radius 3 is 2.69 bits per heavy atom. The van der Waals surface area contributed by atoms with Gasteiger partial charge in [-0.2, -0.15) is 4.99 Å². The molecule has 1 heterocycles. The van der Waals surface area contributed by atoms with Gasteiger partial charge in [0.05, 0.1) is 7.11 Å². The van der Waals surface area contributed by atoms with Crippen LogP contribution < -0.4 is 29.6 Å². The van der Waals surface area contributed by atoms with E-state index in [1.807, 2.05) is 6.92 Å². The summed E-state index contributed by atoms with van der Waals surface area (Å²) in [6.45, 7) is 3.28. The van der Waals surface area contributed by atoms with Gasteiger partial charge in [-0.25, -0.2) is 0 Å². The Morgan fingerprint density at radius 1 is 1.69 bits per heavy atom. The third kappa shape index (κ3) is 2.53.